The first-order valence-electron chi connectivity index (χ1n) is 5.98. The molecule has 0 heterocycles. The molecule has 0 N–H and O–H groups in total. The number of benzene rings is 2. The number of carbonyl (C=O) groups excluding carboxylic acids is 1. The monoisotopic (exact) mass is 239 g/mol. The highest BCUT2D eigenvalue weighted by atomic mass is 16.1. The maximum absolute atomic E-state index is 11.1. The van der Waals surface area contributed by atoms with Crippen LogP contribution in [0.2, 0.25) is 0 Å². The smallest absolute Gasteiger partial charge is 0.152 e. The van der Waals surface area contributed by atoms with Crippen molar-refractivity contribution in [2.24, 2.45) is 0 Å². The van der Waals surface area contributed by atoms with Gasteiger partial charge in [-0.3, -0.25) is 4.79 Å². The second kappa shape index (κ2) is 5.05. The summed E-state index contributed by atoms with van der Waals surface area (Å²) >= 11 is 0. The van der Waals surface area contributed by atoms with Crippen LogP contribution in [0.1, 0.15) is 21.5 Å². The molecule has 0 saturated carbocycles. The fourth-order valence-corrected chi connectivity index (χ4v) is 2.20. The molecule has 0 amide bonds. The van der Waals surface area contributed by atoms with Crippen molar-refractivity contribution in [2.75, 3.05) is 11.9 Å². The molecule has 2 aromatic carbocycles. The van der Waals surface area contributed by atoms with E-state index in [-0.39, 0.29) is 0 Å². The van der Waals surface area contributed by atoms with Gasteiger partial charge in [0, 0.05) is 18.3 Å². The Morgan fingerprint density at radius 2 is 1.72 bits per heavy atom. The molecule has 2 heteroatoms. The van der Waals surface area contributed by atoms with Crippen LogP contribution >= 0.6 is 0 Å². The molecule has 2 rings (SSSR count). The lowest BCUT2D eigenvalue weighted by atomic mass is 10.1. The van der Waals surface area contributed by atoms with E-state index in [0.29, 0.717) is 5.56 Å². The molecular formula is C16H17NO. The summed E-state index contributed by atoms with van der Waals surface area (Å²) in [6, 6.07) is 13.9. The Balaban J connectivity index is 2.47. The predicted octanol–water partition coefficient (Wildman–Crippen LogP) is 3.88. The summed E-state index contributed by atoms with van der Waals surface area (Å²) in [6.07, 6.45) is 0.898. The van der Waals surface area contributed by atoms with E-state index >= 15 is 0 Å². The molecule has 18 heavy (non-hydrogen) atoms. The van der Waals surface area contributed by atoms with E-state index in [1.807, 2.05) is 31.3 Å². The fourth-order valence-electron chi connectivity index (χ4n) is 2.20. The van der Waals surface area contributed by atoms with Gasteiger partial charge in [-0.1, -0.05) is 29.8 Å². The Kier molecular flexibility index (Phi) is 3.47. The van der Waals surface area contributed by atoms with Crippen LogP contribution in [-0.2, 0) is 0 Å². The van der Waals surface area contributed by atoms with Crippen molar-refractivity contribution in [1.82, 2.24) is 0 Å². The van der Waals surface area contributed by atoms with Gasteiger partial charge < -0.3 is 4.90 Å². The van der Waals surface area contributed by atoms with Crippen LogP contribution < -0.4 is 4.90 Å². The number of hydrogen-bond acceptors (Lipinski definition) is 2. The van der Waals surface area contributed by atoms with Gasteiger partial charge >= 0.3 is 0 Å². The van der Waals surface area contributed by atoms with Gasteiger partial charge in [-0.25, -0.2) is 0 Å². The quantitative estimate of drug-likeness (QED) is 0.757. The molecule has 2 nitrogen and oxygen atoms in total. The number of nitrogens with zero attached hydrogens (tertiary/aromatic N) is 1. The van der Waals surface area contributed by atoms with Crippen LogP contribution in [0.4, 0.5) is 11.4 Å². The summed E-state index contributed by atoms with van der Waals surface area (Å²) < 4.78 is 0. The molecule has 0 aliphatic heterocycles. The second-order valence-corrected chi connectivity index (χ2v) is 4.53. The summed E-state index contributed by atoms with van der Waals surface area (Å²) in [5.74, 6) is 0. The van der Waals surface area contributed by atoms with Gasteiger partial charge in [0.15, 0.2) is 6.29 Å². The van der Waals surface area contributed by atoms with Gasteiger partial charge in [0.25, 0.3) is 0 Å². The topological polar surface area (TPSA) is 20.3 Å². The van der Waals surface area contributed by atoms with E-state index in [9.17, 15) is 4.79 Å². The van der Waals surface area contributed by atoms with Crippen LogP contribution in [0.5, 0.6) is 0 Å². The standard InChI is InChI=1S/C16H17NO/c1-12-8-9-15(13(2)10-12)17(3)16-7-5-4-6-14(16)11-18/h4-11H,1-3H3. The lowest BCUT2D eigenvalue weighted by Gasteiger charge is -2.23. The number of carbonyl (C=O) groups is 1. The molecule has 0 unspecified atom stereocenters. The van der Waals surface area contributed by atoms with E-state index in [1.54, 1.807) is 0 Å². The van der Waals surface area contributed by atoms with Gasteiger partial charge in [0.05, 0.1) is 5.69 Å². The summed E-state index contributed by atoms with van der Waals surface area (Å²) in [5.41, 5.74) is 5.21. The Labute approximate surface area is 108 Å². The molecule has 92 valence electrons. The third kappa shape index (κ3) is 2.28. The first-order chi connectivity index (χ1) is 8.63. The van der Waals surface area contributed by atoms with E-state index in [2.05, 4.69) is 36.9 Å². The summed E-state index contributed by atoms with van der Waals surface area (Å²) in [4.78, 5) is 13.1. The molecule has 0 atom stereocenters. The average molecular weight is 239 g/mol. The minimum absolute atomic E-state index is 0.708. The van der Waals surface area contributed by atoms with Gasteiger partial charge in [0.1, 0.15) is 0 Å². The molecule has 0 fully saturated rings. The predicted molar refractivity (Wildman–Crippen MR) is 75.8 cm³/mol. The number of aldehydes is 1. The minimum atomic E-state index is 0.708. The van der Waals surface area contributed by atoms with Gasteiger partial charge in [-0.05, 0) is 37.6 Å². The summed E-state index contributed by atoms with van der Waals surface area (Å²) in [5, 5.41) is 0. The first kappa shape index (κ1) is 12.4. The normalized spacial score (nSPS) is 10.2. The highest BCUT2D eigenvalue weighted by molar-refractivity contribution is 5.86. The van der Waals surface area contributed by atoms with Crippen LogP contribution in [0, 0.1) is 13.8 Å². The molecular weight excluding hydrogens is 222 g/mol. The van der Waals surface area contributed by atoms with Crippen molar-refractivity contribution in [3.63, 3.8) is 0 Å². The molecule has 0 aliphatic rings. The van der Waals surface area contributed by atoms with E-state index in [4.69, 9.17) is 0 Å². The van der Waals surface area contributed by atoms with Crippen molar-refractivity contribution >= 4 is 17.7 Å². The first-order valence-corrected chi connectivity index (χ1v) is 5.98. The Hall–Kier alpha value is -2.09. The van der Waals surface area contributed by atoms with Gasteiger partial charge in [-0.15, -0.1) is 0 Å². The van der Waals surface area contributed by atoms with Gasteiger partial charge in [-0.2, -0.15) is 0 Å². The molecule has 0 spiro atoms. The van der Waals surface area contributed by atoms with Crippen molar-refractivity contribution in [3.05, 3.63) is 59.2 Å². The summed E-state index contributed by atoms with van der Waals surface area (Å²) in [6.45, 7) is 4.17. The largest absolute Gasteiger partial charge is 0.344 e. The second-order valence-electron chi connectivity index (χ2n) is 4.53. The maximum Gasteiger partial charge on any atom is 0.152 e. The van der Waals surface area contributed by atoms with Crippen LogP contribution in [0.25, 0.3) is 0 Å². The maximum atomic E-state index is 11.1. The average Bonchev–Trinajstić information content (AvgIpc) is 2.38. The zero-order valence-corrected chi connectivity index (χ0v) is 11.0. The molecule has 0 aromatic heterocycles. The van der Waals surface area contributed by atoms with Crippen molar-refractivity contribution < 1.29 is 4.79 Å². The zero-order valence-electron chi connectivity index (χ0n) is 11.0. The number of rotatable bonds is 3. The lowest BCUT2D eigenvalue weighted by molar-refractivity contribution is 0.112. The molecule has 0 radical (unpaired) electrons. The van der Waals surface area contributed by atoms with Crippen LogP contribution in [0.15, 0.2) is 42.5 Å². The highest BCUT2D eigenvalue weighted by Crippen LogP contribution is 2.29. The lowest BCUT2D eigenvalue weighted by Crippen LogP contribution is -2.12. The highest BCUT2D eigenvalue weighted by Gasteiger charge is 2.10. The van der Waals surface area contributed by atoms with Crippen LogP contribution in [0.3, 0.4) is 0 Å². The molecule has 2 aromatic rings. The molecule has 0 saturated heterocycles. The minimum Gasteiger partial charge on any atom is -0.344 e. The Bertz CT molecular complexity index is 575. The van der Waals surface area contributed by atoms with Crippen molar-refractivity contribution in [2.45, 2.75) is 13.8 Å². The third-order valence-corrected chi connectivity index (χ3v) is 3.14. The van der Waals surface area contributed by atoms with Crippen LogP contribution in [-0.4, -0.2) is 13.3 Å². The Morgan fingerprint density at radius 1 is 1.00 bits per heavy atom. The van der Waals surface area contributed by atoms with Crippen molar-refractivity contribution in [3.8, 4) is 0 Å². The van der Waals surface area contributed by atoms with E-state index in [1.165, 1.54) is 11.1 Å². The number of aryl methyl sites for hydroxylation is 2. The van der Waals surface area contributed by atoms with Gasteiger partial charge in [0.2, 0.25) is 0 Å². The number of anilines is 2. The zero-order chi connectivity index (χ0) is 13.1. The van der Waals surface area contributed by atoms with E-state index < -0.39 is 0 Å². The Morgan fingerprint density at radius 3 is 2.39 bits per heavy atom. The number of para-hydroxylation sites is 1. The SMILES string of the molecule is Cc1ccc(N(C)c2ccccc2C=O)c(C)c1. The fraction of sp³-hybridized carbons (Fsp3) is 0.188. The summed E-state index contributed by atoms with van der Waals surface area (Å²) in [7, 11) is 1.99. The van der Waals surface area contributed by atoms with E-state index in [0.717, 1.165) is 17.7 Å². The molecule has 0 aliphatic carbocycles. The number of hydrogen-bond donors (Lipinski definition) is 0. The van der Waals surface area contributed by atoms with Crippen molar-refractivity contribution in [1.29, 1.82) is 0 Å². The third-order valence-electron chi connectivity index (χ3n) is 3.14. The molecule has 0 bridgehead atoms.